The predicted molar refractivity (Wildman–Crippen MR) is 40.2 cm³/mol. The molecule has 0 heterocycles. The van der Waals surface area contributed by atoms with E-state index in [1.807, 2.05) is 0 Å². The van der Waals surface area contributed by atoms with Crippen LogP contribution >= 0.6 is 0 Å². The Bertz CT molecular complexity index is 221. The van der Waals surface area contributed by atoms with Crippen LogP contribution in [0.2, 0.25) is 0 Å². The number of halogens is 8. The molecule has 3 atom stereocenters. The van der Waals surface area contributed by atoms with E-state index in [1.165, 1.54) is 0 Å². The van der Waals surface area contributed by atoms with Gasteiger partial charge in [0.2, 0.25) is 6.43 Å². The average molecular weight is 258 g/mol. The van der Waals surface area contributed by atoms with Gasteiger partial charge < -0.3 is 0 Å². The highest BCUT2D eigenvalue weighted by molar-refractivity contribution is 4.89. The molecule has 0 radical (unpaired) electrons. The Morgan fingerprint density at radius 3 is 1.44 bits per heavy atom. The Hall–Kier alpha value is -0.560. The molecule has 0 fully saturated rings. The van der Waals surface area contributed by atoms with Gasteiger partial charge in [-0.05, 0) is 0 Å². The summed E-state index contributed by atoms with van der Waals surface area (Å²) in [5.41, 5.74) is 0. The molecule has 0 aromatic heterocycles. The summed E-state index contributed by atoms with van der Waals surface area (Å²) in [6.07, 6.45) is -13.4. The van der Waals surface area contributed by atoms with E-state index >= 15 is 0 Å². The van der Waals surface area contributed by atoms with Crippen molar-refractivity contribution in [2.24, 2.45) is 11.8 Å². The lowest BCUT2D eigenvalue weighted by atomic mass is 9.87. The van der Waals surface area contributed by atoms with Gasteiger partial charge in [0.15, 0.2) is 0 Å². The monoisotopic (exact) mass is 258 g/mol. The van der Waals surface area contributed by atoms with Gasteiger partial charge in [0.05, 0.1) is 0 Å². The molecule has 0 nitrogen and oxygen atoms in total. The Labute approximate surface area is 86.6 Å². The largest absolute Gasteiger partial charge is 0.425 e. The smallest absolute Gasteiger partial charge is 0.231 e. The normalized spacial score (nSPS) is 19.7. The van der Waals surface area contributed by atoms with Crippen molar-refractivity contribution >= 4 is 0 Å². The minimum atomic E-state index is -5.76. The molecule has 0 saturated carbocycles. The van der Waals surface area contributed by atoms with E-state index in [0.717, 1.165) is 0 Å². The van der Waals surface area contributed by atoms with E-state index in [0.29, 0.717) is 13.8 Å². The number of alkyl halides is 8. The van der Waals surface area contributed by atoms with Gasteiger partial charge in [-0.15, -0.1) is 0 Å². The van der Waals surface area contributed by atoms with Gasteiger partial charge in [-0.25, -0.2) is 22.0 Å². The van der Waals surface area contributed by atoms with Crippen molar-refractivity contribution in [1.29, 1.82) is 0 Å². The van der Waals surface area contributed by atoms with Crippen LogP contribution in [0.3, 0.4) is 0 Å². The molecule has 0 N–H and O–H groups in total. The number of hydrogen-bond acceptors (Lipinski definition) is 0. The molecule has 0 spiro atoms. The lowest BCUT2D eigenvalue weighted by Crippen LogP contribution is -2.48. The lowest BCUT2D eigenvalue weighted by Gasteiger charge is -2.31. The first kappa shape index (κ1) is 15.4. The molecule has 0 amide bonds. The molecule has 0 aliphatic heterocycles. The van der Waals surface area contributed by atoms with Gasteiger partial charge in [-0.3, -0.25) is 0 Å². The maximum absolute atomic E-state index is 12.9. The summed E-state index contributed by atoms with van der Waals surface area (Å²) >= 11 is 0. The number of rotatable bonds is 4. The van der Waals surface area contributed by atoms with Crippen molar-refractivity contribution in [3.05, 3.63) is 0 Å². The quantitative estimate of drug-likeness (QED) is 0.667. The third-order valence-electron chi connectivity index (χ3n) is 2.42. The van der Waals surface area contributed by atoms with Crippen LogP contribution in [0.4, 0.5) is 35.1 Å². The molecule has 16 heavy (non-hydrogen) atoms. The Balaban J connectivity index is 4.91. The Kier molecular flexibility index (Phi) is 4.58. The molecule has 0 saturated heterocycles. The fourth-order valence-electron chi connectivity index (χ4n) is 1.02. The third kappa shape index (κ3) is 3.21. The molecule has 3 unspecified atom stereocenters. The highest BCUT2D eigenvalue weighted by Crippen LogP contribution is 2.43. The fourth-order valence-corrected chi connectivity index (χ4v) is 1.02. The van der Waals surface area contributed by atoms with Crippen LogP contribution in [0, 0.1) is 11.8 Å². The highest BCUT2D eigenvalue weighted by atomic mass is 19.4. The second kappa shape index (κ2) is 4.75. The van der Waals surface area contributed by atoms with Crippen LogP contribution in [0.25, 0.3) is 0 Å². The fraction of sp³-hybridized carbons (Fsp3) is 1.00. The van der Waals surface area contributed by atoms with E-state index in [-0.39, 0.29) is 0 Å². The van der Waals surface area contributed by atoms with Crippen LogP contribution in [-0.4, -0.2) is 24.7 Å². The molecule has 0 aromatic rings. The van der Waals surface area contributed by atoms with E-state index < -0.39 is 36.5 Å². The summed E-state index contributed by atoms with van der Waals surface area (Å²) in [5.74, 6) is -9.31. The van der Waals surface area contributed by atoms with Gasteiger partial charge in [-0.1, -0.05) is 13.8 Å². The molecule has 0 aliphatic carbocycles. The van der Waals surface area contributed by atoms with E-state index in [1.54, 1.807) is 0 Å². The Morgan fingerprint density at radius 1 is 0.812 bits per heavy atom. The topological polar surface area (TPSA) is 0 Å². The maximum atomic E-state index is 12.9. The SMILES string of the molecule is CC(C(F)F)C(C)C(F)(F)C(F)C(F)(F)F. The summed E-state index contributed by atoms with van der Waals surface area (Å²) in [4.78, 5) is 0. The van der Waals surface area contributed by atoms with Gasteiger partial charge in [0.1, 0.15) is 0 Å². The van der Waals surface area contributed by atoms with Gasteiger partial charge in [-0.2, -0.15) is 13.2 Å². The lowest BCUT2D eigenvalue weighted by molar-refractivity contribution is -0.263. The van der Waals surface area contributed by atoms with Crippen molar-refractivity contribution in [1.82, 2.24) is 0 Å². The van der Waals surface area contributed by atoms with Crippen LogP contribution in [0.5, 0.6) is 0 Å². The minimum Gasteiger partial charge on any atom is -0.231 e. The summed E-state index contributed by atoms with van der Waals surface area (Å²) in [7, 11) is 0. The molecular formula is C8H10F8. The molecule has 0 aliphatic rings. The highest BCUT2D eigenvalue weighted by Gasteiger charge is 2.60. The zero-order valence-corrected chi connectivity index (χ0v) is 8.33. The van der Waals surface area contributed by atoms with Crippen LogP contribution in [0.15, 0.2) is 0 Å². The first-order valence-corrected chi connectivity index (χ1v) is 4.29. The second-order valence-electron chi connectivity index (χ2n) is 3.56. The van der Waals surface area contributed by atoms with Gasteiger partial charge in [0, 0.05) is 11.8 Å². The van der Waals surface area contributed by atoms with Gasteiger partial charge in [0.25, 0.3) is 12.1 Å². The third-order valence-corrected chi connectivity index (χ3v) is 2.42. The molecular weight excluding hydrogens is 248 g/mol. The van der Waals surface area contributed by atoms with Crippen molar-refractivity contribution in [2.45, 2.75) is 38.5 Å². The van der Waals surface area contributed by atoms with Crippen LogP contribution in [0.1, 0.15) is 13.8 Å². The van der Waals surface area contributed by atoms with E-state index in [4.69, 9.17) is 0 Å². The standard InChI is InChI=1S/C8H10F8/c1-3(5(9)10)4(2)7(12,13)6(11)8(14,15)16/h3-6H,1-2H3. The maximum Gasteiger partial charge on any atom is 0.425 e. The van der Waals surface area contributed by atoms with Crippen molar-refractivity contribution < 1.29 is 35.1 Å². The Morgan fingerprint density at radius 2 is 1.19 bits per heavy atom. The molecule has 0 bridgehead atoms. The van der Waals surface area contributed by atoms with E-state index in [2.05, 4.69) is 0 Å². The first-order chi connectivity index (χ1) is 6.92. The van der Waals surface area contributed by atoms with Crippen molar-refractivity contribution in [3.63, 3.8) is 0 Å². The zero-order chi connectivity index (χ0) is 13.3. The molecule has 98 valence electrons. The summed E-state index contributed by atoms with van der Waals surface area (Å²) in [6, 6.07) is 0. The van der Waals surface area contributed by atoms with Crippen molar-refractivity contribution in [3.8, 4) is 0 Å². The van der Waals surface area contributed by atoms with E-state index in [9.17, 15) is 35.1 Å². The minimum absolute atomic E-state index is 0.467. The second-order valence-corrected chi connectivity index (χ2v) is 3.56. The van der Waals surface area contributed by atoms with Crippen LogP contribution < -0.4 is 0 Å². The molecule has 0 aromatic carbocycles. The predicted octanol–water partition coefficient (Wildman–Crippen LogP) is 4.06. The molecule has 8 heteroatoms. The van der Waals surface area contributed by atoms with Gasteiger partial charge >= 0.3 is 6.18 Å². The first-order valence-electron chi connectivity index (χ1n) is 4.29. The zero-order valence-electron chi connectivity index (χ0n) is 8.33. The van der Waals surface area contributed by atoms with Crippen LogP contribution in [-0.2, 0) is 0 Å². The summed E-state index contributed by atoms with van der Waals surface area (Å²) in [6.45, 7) is 1.11. The summed E-state index contributed by atoms with van der Waals surface area (Å²) < 4.78 is 97.5. The average Bonchev–Trinajstić information content (AvgIpc) is 2.12. The molecule has 0 rings (SSSR count). The number of hydrogen-bond donors (Lipinski definition) is 0. The van der Waals surface area contributed by atoms with Crippen molar-refractivity contribution in [2.75, 3.05) is 0 Å². The summed E-state index contributed by atoms with van der Waals surface area (Å²) in [5, 5.41) is 0.